The summed E-state index contributed by atoms with van der Waals surface area (Å²) in [6, 6.07) is 17.1. The lowest BCUT2D eigenvalue weighted by molar-refractivity contribution is -0.117. The van der Waals surface area contributed by atoms with E-state index in [4.69, 9.17) is 25.8 Å². The van der Waals surface area contributed by atoms with Gasteiger partial charge in [-0.1, -0.05) is 23.7 Å². The lowest BCUT2D eigenvalue weighted by Gasteiger charge is -2.22. The number of hydrogen-bond donors (Lipinski definition) is 1. The van der Waals surface area contributed by atoms with Crippen LogP contribution in [0.5, 0.6) is 17.2 Å². The van der Waals surface area contributed by atoms with Crippen molar-refractivity contribution in [2.45, 2.75) is 6.54 Å². The summed E-state index contributed by atoms with van der Waals surface area (Å²) < 4.78 is 33.8. The Hall–Kier alpha value is -3.59. The molecule has 37 heavy (non-hydrogen) atoms. The molecule has 1 aliphatic heterocycles. The van der Waals surface area contributed by atoms with Gasteiger partial charge in [0, 0.05) is 42.3 Å². The summed E-state index contributed by atoms with van der Waals surface area (Å²) in [6.07, 6.45) is 1.96. The zero-order valence-electron chi connectivity index (χ0n) is 20.4. The highest BCUT2D eigenvalue weighted by molar-refractivity contribution is 6.31. The predicted molar refractivity (Wildman–Crippen MR) is 141 cm³/mol. The van der Waals surface area contributed by atoms with Crippen LogP contribution in [0.2, 0.25) is 5.02 Å². The van der Waals surface area contributed by atoms with E-state index >= 15 is 0 Å². The Morgan fingerprint density at radius 3 is 2.70 bits per heavy atom. The fraction of sp³-hybridized carbons (Fsp3) is 0.250. The van der Waals surface area contributed by atoms with Crippen LogP contribution in [0.15, 0.2) is 66.9 Å². The van der Waals surface area contributed by atoms with Gasteiger partial charge in [0.15, 0.2) is 17.2 Å². The lowest BCUT2D eigenvalue weighted by Crippen LogP contribution is -2.35. The van der Waals surface area contributed by atoms with Crippen molar-refractivity contribution in [3.05, 3.63) is 83.3 Å². The number of amides is 1. The van der Waals surface area contributed by atoms with E-state index in [1.165, 1.54) is 12.1 Å². The number of hydrogen-bond acceptors (Lipinski definition) is 5. The third kappa shape index (κ3) is 6.05. The molecule has 0 spiro atoms. The normalized spacial score (nSPS) is 15.5. The van der Waals surface area contributed by atoms with E-state index < -0.39 is 0 Å². The number of aryl methyl sites for hydroxylation is 1. The number of nitrogens with one attached hydrogen (secondary N) is 1. The monoisotopic (exact) mass is 523 g/mol. The SMILES string of the molecule is Cn1cc(CN2CCOCCOc3ccccc3Oc3ccc(Cl)cc3NC(=O)C2)c2cc(F)ccc21. The number of carbonyl (C=O) groups excluding carboxylic acids is 1. The molecule has 0 aliphatic carbocycles. The van der Waals surface area contributed by atoms with E-state index in [9.17, 15) is 9.18 Å². The van der Waals surface area contributed by atoms with Crippen molar-refractivity contribution in [2.75, 3.05) is 38.2 Å². The Bertz CT molecular complexity index is 1420. The van der Waals surface area contributed by atoms with Crippen molar-refractivity contribution in [3.8, 4) is 17.2 Å². The average Bonchev–Trinajstić information content (AvgIpc) is 3.17. The first-order valence-electron chi connectivity index (χ1n) is 12.0. The quantitative estimate of drug-likeness (QED) is 0.370. The van der Waals surface area contributed by atoms with Gasteiger partial charge in [0.25, 0.3) is 0 Å². The van der Waals surface area contributed by atoms with Crippen LogP contribution in [0.25, 0.3) is 10.9 Å². The maximum Gasteiger partial charge on any atom is 0.238 e. The first-order valence-corrected chi connectivity index (χ1v) is 12.4. The molecule has 0 fully saturated rings. The molecule has 1 amide bonds. The van der Waals surface area contributed by atoms with Crippen molar-refractivity contribution in [1.82, 2.24) is 9.47 Å². The van der Waals surface area contributed by atoms with Gasteiger partial charge in [0.1, 0.15) is 12.4 Å². The van der Waals surface area contributed by atoms with Crippen LogP contribution >= 0.6 is 11.6 Å². The van der Waals surface area contributed by atoms with E-state index in [-0.39, 0.29) is 18.3 Å². The van der Waals surface area contributed by atoms with E-state index in [1.807, 2.05) is 40.9 Å². The minimum Gasteiger partial charge on any atom is -0.487 e. The third-order valence-electron chi connectivity index (χ3n) is 6.12. The Kier molecular flexibility index (Phi) is 7.60. The molecule has 0 unspecified atom stereocenters. The molecule has 2 heterocycles. The highest BCUT2D eigenvalue weighted by Gasteiger charge is 2.18. The molecule has 192 valence electrons. The van der Waals surface area contributed by atoms with Gasteiger partial charge in [-0.25, -0.2) is 4.39 Å². The number of para-hydroxylation sites is 2. The highest BCUT2D eigenvalue weighted by Crippen LogP contribution is 2.36. The van der Waals surface area contributed by atoms with Crippen LogP contribution in [-0.4, -0.2) is 48.3 Å². The van der Waals surface area contributed by atoms with Gasteiger partial charge in [-0.3, -0.25) is 9.69 Å². The molecule has 0 bridgehead atoms. The van der Waals surface area contributed by atoms with Crippen molar-refractivity contribution in [3.63, 3.8) is 0 Å². The average molecular weight is 524 g/mol. The summed E-state index contributed by atoms with van der Waals surface area (Å²) in [5.41, 5.74) is 2.30. The van der Waals surface area contributed by atoms with Gasteiger partial charge < -0.3 is 24.1 Å². The van der Waals surface area contributed by atoms with E-state index in [0.29, 0.717) is 60.9 Å². The first kappa shape index (κ1) is 25.1. The fourth-order valence-corrected chi connectivity index (χ4v) is 4.56. The zero-order chi connectivity index (χ0) is 25.8. The summed E-state index contributed by atoms with van der Waals surface area (Å²) in [5.74, 6) is 0.986. The van der Waals surface area contributed by atoms with Gasteiger partial charge in [-0.05, 0) is 54.1 Å². The second-order valence-corrected chi connectivity index (χ2v) is 9.27. The summed E-state index contributed by atoms with van der Waals surface area (Å²) >= 11 is 6.23. The van der Waals surface area contributed by atoms with Crippen LogP contribution in [0.1, 0.15) is 5.56 Å². The van der Waals surface area contributed by atoms with Crippen LogP contribution in [0.4, 0.5) is 10.1 Å². The molecule has 0 saturated carbocycles. The van der Waals surface area contributed by atoms with Crippen LogP contribution < -0.4 is 14.8 Å². The first-order chi connectivity index (χ1) is 18.0. The smallest absolute Gasteiger partial charge is 0.238 e. The lowest BCUT2D eigenvalue weighted by atomic mass is 10.1. The molecule has 1 aromatic heterocycles. The molecule has 0 atom stereocenters. The molecular formula is C28H27ClFN3O4. The van der Waals surface area contributed by atoms with Crippen molar-refractivity contribution in [2.24, 2.45) is 7.05 Å². The molecule has 4 aromatic rings. The maximum atomic E-state index is 14.0. The number of ether oxygens (including phenoxy) is 3. The van der Waals surface area contributed by atoms with Crippen LogP contribution in [-0.2, 0) is 23.1 Å². The molecule has 0 radical (unpaired) electrons. The van der Waals surface area contributed by atoms with Gasteiger partial charge >= 0.3 is 0 Å². The molecule has 1 aliphatic rings. The molecule has 5 rings (SSSR count). The van der Waals surface area contributed by atoms with Gasteiger partial charge in [-0.2, -0.15) is 0 Å². The number of fused-ring (bicyclic) bond motifs is 3. The van der Waals surface area contributed by atoms with Crippen LogP contribution in [0.3, 0.4) is 0 Å². The van der Waals surface area contributed by atoms with Crippen LogP contribution in [0, 0.1) is 5.82 Å². The number of halogens is 2. The topological polar surface area (TPSA) is 65.0 Å². The summed E-state index contributed by atoms with van der Waals surface area (Å²) in [6.45, 7) is 2.14. The third-order valence-corrected chi connectivity index (χ3v) is 6.35. The molecule has 1 N–H and O–H groups in total. The minimum absolute atomic E-state index is 0.0914. The number of benzene rings is 3. The minimum atomic E-state index is -0.299. The van der Waals surface area contributed by atoms with Crippen molar-refractivity contribution >= 4 is 34.1 Å². The Morgan fingerprint density at radius 1 is 1.00 bits per heavy atom. The van der Waals surface area contributed by atoms with Gasteiger partial charge in [0.05, 0.1) is 25.4 Å². The zero-order valence-corrected chi connectivity index (χ0v) is 21.1. The summed E-state index contributed by atoms with van der Waals surface area (Å²) in [7, 11) is 1.92. The maximum absolute atomic E-state index is 14.0. The predicted octanol–water partition coefficient (Wildman–Crippen LogP) is 5.61. The molecule has 0 saturated heterocycles. The number of nitrogens with zero attached hydrogens (tertiary/aromatic N) is 2. The Balaban J connectivity index is 1.42. The second kappa shape index (κ2) is 11.2. The number of rotatable bonds is 2. The van der Waals surface area contributed by atoms with Crippen molar-refractivity contribution in [1.29, 1.82) is 0 Å². The number of carbonyl (C=O) groups is 1. The van der Waals surface area contributed by atoms with E-state index in [0.717, 1.165) is 16.5 Å². The van der Waals surface area contributed by atoms with E-state index in [2.05, 4.69) is 5.32 Å². The summed E-state index contributed by atoms with van der Waals surface area (Å²) in [4.78, 5) is 15.1. The number of aromatic nitrogens is 1. The Morgan fingerprint density at radius 2 is 1.84 bits per heavy atom. The fourth-order valence-electron chi connectivity index (χ4n) is 4.39. The molecule has 9 heteroatoms. The molecular weight excluding hydrogens is 497 g/mol. The Labute approximate surface area is 219 Å². The number of anilines is 1. The van der Waals surface area contributed by atoms with Crippen molar-refractivity contribution < 1.29 is 23.4 Å². The summed E-state index contributed by atoms with van der Waals surface area (Å²) in [5, 5.41) is 4.21. The standard InChI is InChI=1S/C28H27ClFN3O4/c1-32-16-19(22-15-21(30)7-8-24(22)32)17-33-10-11-35-12-13-36-26-4-2-3-5-27(26)37-25-9-6-20(29)14-23(25)31-28(34)18-33/h2-9,14-16H,10-13,17-18H2,1H3,(H,31,34). The van der Waals surface area contributed by atoms with Gasteiger partial charge in [0.2, 0.25) is 5.91 Å². The second-order valence-electron chi connectivity index (χ2n) is 8.84. The molecule has 3 aromatic carbocycles. The van der Waals surface area contributed by atoms with E-state index in [1.54, 1.807) is 30.3 Å². The van der Waals surface area contributed by atoms with Gasteiger partial charge in [-0.15, -0.1) is 0 Å². The largest absolute Gasteiger partial charge is 0.487 e. The highest BCUT2D eigenvalue weighted by atomic mass is 35.5. The molecule has 7 nitrogen and oxygen atoms in total.